The number of anilines is 2. The lowest BCUT2D eigenvalue weighted by Crippen LogP contribution is -2.05. The molecule has 0 atom stereocenters. The summed E-state index contributed by atoms with van der Waals surface area (Å²) in [4.78, 5) is 0. The number of nitrogens with one attached hydrogen (secondary N) is 1. The van der Waals surface area contributed by atoms with E-state index in [4.69, 9.17) is 9.78 Å². The fraction of sp³-hybridized carbons (Fsp3) is 0.0588. The molecule has 4 nitrogen and oxygen atoms in total. The molecule has 1 aromatic heterocycles. The molecule has 1 heterocycles. The molecular formula is C17H10F3N3O. The smallest absolute Gasteiger partial charge is 0.338 e. The second-order valence-electron chi connectivity index (χ2n) is 4.97. The highest BCUT2D eigenvalue weighted by Crippen LogP contribution is 2.32. The first-order valence-corrected chi connectivity index (χ1v) is 6.87. The number of hydrogen-bond donors (Lipinski definition) is 1. The van der Waals surface area contributed by atoms with Gasteiger partial charge in [-0.1, -0.05) is 23.4 Å². The molecule has 0 aliphatic carbocycles. The number of rotatable bonds is 3. The molecule has 1 N–H and O–H groups in total. The highest BCUT2D eigenvalue weighted by Gasteiger charge is 2.30. The minimum atomic E-state index is -4.41. The van der Waals surface area contributed by atoms with Crippen LogP contribution in [-0.4, -0.2) is 5.16 Å². The van der Waals surface area contributed by atoms with E-state index in [1.807, 2.05) is 6.07 Å². The topological polar surface area (TPSA) is 61.9 Å². The largest absolute Gasteiger partial charge is 0.416 e. The second kappa shape index (κ2) is 6.08. The Bertz CT molecular complexity index is 910. The summed E-state index contributed by atoms with van der Waals surface area (Å²) in [5, 5.41) is 15.5. The third-order valence-corrected chi connectivity index (χ3v) is 3.26. The van der Waals surface area contributed by atoms with Crippen LogP contribution in [0, 0.1) is 11.3 Å². The van der Waals surface area contributed by atoms with Gasteiger partial charge in [-0.05, 0) is 30.3 Å². The molecule has 7 heteroatoms. The van der Waals surface area contributed by atoms with Gasteiger partial charge in [0.05, 0.1) is 17.2 Å². The maximum atomic E-state index is 12.7. The van der Waals surface area contributed by atoms with Crippen LogP contribution in [0.3, 0.4) is 0 Å². The summed E-state index contributed by atoms with van der Waals surface area (Å²) in [5.74, 6) is 0.201. The van der Waals surface area contributed by atoms with Gasteiger partial charge in [0.15, 0.2) is 0 Å². The average molecular weight is 329 g/mol. The highest BCUT2D eigenvalue weighted by atomic mass is 19.4. The SMILES string of the molecule is N#Cc1cccc(-c2cc(Nc3cccc(C(F)(F)F)c3)on2)c1. The Balaban J connectivity index is 1.83. The Morgan fingerprint density at radius 1 is 1.04 bits per heavy atom. The third-order valence-electron chi connectivity index (χ3n) is 3.26. The molecule has 0 saturated carbocycles. The Morgan fingerprint density at radius 2 is 1.83 bits per heavy atom. The standard InChI is InChI=1S/C17H10F3N3O/c18-17(19,20)13-5-2-6-14(8-13)22-16-9-15(23-24-16)12-4-1-3-11(7-12)10-21/h1-9,22H. The van der Waals surface area contributed by atoms with Crippen molar-refractivity contribution in [2.75, 3.05) is 5.32 Å². The molecule has 0 aliphatic rings. The Labute approximate surface area is 135 Å². The van der Waals surface area contributed by atoms with Crippen LogP contribution in [-0.2, 0) is 6.18 Å². The minimum absolute atomic E-state index is 0.201. The molecule has 24 heavy (non-hydrogen) atoms. The number of aromatic nitrogens is 1. The quantitative estimate of drug-likeness (QED) is 0.736. The molecule has 0 fully saturated rings. The molecule has 0 saturated heterocycles. The van der Waals surface area contributed by atoms with Gasteiger partial charge < -0.3 is 9.84 Å². The lowest BCUT2D eigenvalue weighted by molar-refractivity contribution is -0.137. The Morgan fingerprint density at radius 3 is 2.58 bits per heavy atom. The van der Waals surface area contributed by atoms with E-state index in [0.29, 0.717) is 16.8 Å². The fourth-order valence-corrected chi connectivity index (χ4v) is 2.13. The van der Waals surface area contributed by atoms with Crippen LogP contribution >= 0.6 is 0 Å². The van der Waals surface area contributed by atoms with E-state index in [0.717, 1.165) is 12.1 Å². The molecular weight excluding hydrogens is 319 g/mol. The van der Waals surface area contributed by atoms with E-state index in [1.54, 1.807) is 30.3 Å². The van der Waals surface area contributed by atoms with Crippen LogP contribution in [0.4, 0.5) is 24.7 Å². The molecule has 0 amide bonds. The first-order valence-electron chi connectivity index (χ1n) is 6.87. The van der Waals surface area contributed by atoms with Crippen molar-refractivity contribution in [2.24, 2.45) is 0 Å². The summed E-state index contributed by atoms with van der Waals surface area (Å²) in [6.45, 7) is 0. The van der Waals surface area contributed by atoms with Crippen LogP contribution in [0.2, 0.25) is 0 Å². The van der Waals surface area contributed by atoms with Crippen molar-refractivity contribution >= 4 is 11.6 Å². The van der Waals surface area contributed by atoms with Crippen molar-refractivity contribution in [3.63, 3.8) is 0 Å². The van der Waals surface area contributed by atoms with Gasteiger partial charge in [-0.3, -0.25) is 0 Å². The molecule has 120 valence electrons. The van der Waals surface area contributed by atoms with E-state index < -0.39 is 11.7 Å². The number of nitrogens with zero attached hydrogens (tertiary/aromatic N) is 2. The summed E-state index contributed by atoms with van der Waals surface area (Å²) in [5.41, 5.74) is 1.10. The Hall–Kier alpha value is -3.27. The van der Waals surface area contributed by atoms with E-state index in [2.05, 4.69) is 10.5 Å². The number of hydrogen-bond acceptors (Lipinski definition) is 4. The summed E-state index contributed by atoms with van der Waals surface area (Å²) in [6, 6.07) is 15.1. The van der Waals surface area contributed by atoms with Crippen LogP contribution in [0.5, 0.6) is 0 Å². The number of nitriles is 1. The molecule has 0 radical (unpaired) electrons. The summed E-state index contributed by atoms with van der Waals surface area (Å²) in [7, 11) is 0. The van der Waals surface area contributed by atoms with Crippen LogP contribution in [0.25, 0.3) is 11.3 Å². The zero-order valence-electron chi connectivity index (χ0n) is 12.1. The van der Waals surface area contributed by atoms with Crippen LogP contribution in [0.15, 0.2) is 59.1 Å². The summed E-state index contributed by atoms with van der Waals surface area (Å²) in [6.07, 6.45) is -4.41. The number of alkyl halides is 3. The first kappa shape index (κ1) is 15.6. The van der Waals surface area contributed by atoms with Gasteiger partial charge in [0, 0.05) is 17.3 Å². The van der Waals surface area contributed by atoms with E-state index in [-0.39, 0.29) is 11.6 Å². The van der Waals surface area contributed by atoms with Crippen LogP contribution in [0.1, 0.15) is 11.1 Å². The monoisotopic (exact) mass is 329 g/mol. The molecule has 3 aromatic rings. The number of halogens is 3. The van der Waals surface area contributed by atoms with Crippen molar-refractivity contribution in [2.45, 2.75) is 6.18 Å². The fourth-order valence-electron chi connectivity index (χ4n) is 2.13. The van der Waals surface area contributed by atoms with Gasteiger partial charge in [0.1, 0.15) is 5.69 Å². The van der Waals surface area contributed by atoms with Crippen molar-refractivity contribution < 1.29 is 17.7 Å². The number of benzene rings is 2. The predicted octanol–water partition coefficient (Wildman–Crippen LogP) is 4.98. The summed E-state index contributed by atoms with van der Waals surface area (Å²) >= 11 is 0. The lowest BCUT2D eigenvalue weighted by Gasteiger charge is -2.08. The van der Waals surface area contributed by atoms with E-state index in [1.165, 1.54) is 12.1 Å². The van der Waals surface area contributed by atoms with Crippen LogP contribution < -0.4 is 5.32 Å². The zero-order valence-corrected chi connectivity index (χ0v) is 12.1. The maximum absolute atomic E-state index is 12.7. The lowest BCUT2D eigenvalue weighted by atomic mass is 10.1. The molecule has 0 spiro atoms. The molecule has 3 rings (SSSR count). The second-order valence-corrected chi connectivity index (χ2v) is 4.97. The average Bonchev–Trinajstić information content (AvgIpc) is 3.03. The van der Waals surface area contributed by atoms with E-state index in [9.17, 15) is 13.2 Å². The minimum Gasteiger partial charge on any atom is -0.338 e. The molecule has 0 bridgehead atoms. The van der Waals surface area contributed by atoms with Gasteiger partial charge in [0.2, 0.25) is 5.88 Å². The van der Waals surface area contributed by atoms with Crippen molar-refractivity contribution in [1.82, 2.24) is 5.16 Å². The molecule has 0 aliphatic heterocycles. The maximum Gasteiger partial charge on any atom is 0.416 e. The summed E-state index contributed by atoms with van der Waals surface area (Å²) < 4.78 is 43.2. The predicted molar refractivity (Wildman–Crippen MR) is 81.4 cm³/mol. The van der Waals surface area contributed by atoms with Crippen molar-refractivity contribution in [3.05, 3.63) is 65.7 Å². The highest BCUT2D eigenvalue weighted by molar-refractivity contribution is 5.66. The van der Waals surface area contributed by atoms with Gasteiger partial charge in [-0.15, -0.1) is 0 Å². The van der Waals surface area contributed by atoms with Crippen molar-refractivity contribution in [1.29, 1.82) is 5.26 Å². The van der Waals surface area contributed by atoms with Gasteiger partial charge in [-0.25, -0.2) is 0 Å². The Kier molecular flexibility index (Phi) is 3.96. The molecule has 2 aromatic carbocycles. The van der Waals surface area contributed by atoms with Gasteiger partial charge >= 0.3 is 6.18 Å². The van der Waals surface area contributed by atoms with Crippen molar-refractivity contribution in [3.8, 4) is 17.3 Å². The first-order chi connectivity index (χ1) is 11.5. The normalized spacial score (nSPS) is 11.1. The van der Waals surface area contributed by atoms with E-state index >= 15 is 0 Å². The zero-order chi connectivity index (χ0) is 17.2. The third kappa shape index (κ3) is 3.38. The molecule has 0 unspecified atom stereocenters. The van der Waals surface area contributed by atoms with Gasteiger partial charge in [-0.2, -0.15) is 18.4 Å². The van der Waals surface area contributed by atoms with Gasteiger partial charge in [0.25, 0.3) is 0 Å².